The lowest BCUT2D eigenvalue weighted by Crippen LogP contribution is -2.29. The first-order chi connectivity index (χ1) is 9.24. The van der Waals surface area contributed by atoms with Crippen molar-refractivity contribution in [2.75, 3.05) is 13.1 Å². The monoisotopic (exact) mass is 263 g/mol. The van der Waals surface area contributed by atoms with Crippen molar-refractivity contribution in [1.29, 1.82) is 0 Å². The van der Waals surface area contributed by atoms with E-state index in [-0.39, 0.29) is 0 Å². The van der Waals surface area contributed by atoms with Gasteiger partial charge in [-0.05, 0) is 38.1 Å². The highest BCUT2D eigenvalue weighted by Crippen LogP contribution is 2.27. The molecule has 0 saturated carbocycles. The minimum atomic E-state index is -0.574. The van der Waals surface area contributed by atoms with Crippen LogP contribution in [-0.2, 0) is 0 Å². The van der Waals surface area contributed by atoms with Gasteiger partial charge >= 0.3 is 0 Å². The smallest absolute Gasteiger partial charge is 0.140 e. The van der Waals surface area contributed by atoms with Crippen LogP contribution in [0.25, 0.3) is 11.4 Å². The van der Waals surface area contributed by atoms with Gasteiger partial charge in [-0.2, -0.15) is 0 Å². The standard InChI is InChI=1S/C14H15F2N3/c15-11-7-10(8-12(16)9-11)14-18-5-6-19(14)13-1-3-17-4-2-13/h5-9,13,17H,1-4H2. The summed E-state index contributed by atoms with van der Waals surface area (Å²) in [7, 11) is 0. The van der Waals surface area contributed by atoms with Crippen LogP contribution in [0.2, 0.25) is 0 Å². The van der Waals surface area contributed by atoms with Crippen molar-refractivity contribution in [3.8, 4) is 11.4 Å². The zero-order valence-corrected chi connectivity index (χ0v) is 10.4. The second-order valence-corrected chi connectivity index (χ2v) is 4.80. The Kier molecular flexibility index (Phi) is 3.29. The molecule has 0 unspecified atom stereocenters. The molecule has 3 rings (SSSR count). The van der Waals surface area contributed by atoms with Crippen LogP contribution < -0.4 is 5.32 Å². The van der Waals surface area contributed by atoms with Crippen LogP contribution in [0.3, 0.4) is 0 Å². The van der Waals surface area contributed by atoms with Gasteiger partial charge in [0.15, 0.2) is 0 Å². The number of piperidine rings is 1. The molecule has 0 aliphatic carbocycles. The van der Waals surface area contributed by atoms with Gasteiger partial charge in [-0.3, -0.25) is 0 Å². The molecule has 3 nitrogen and oxygen atoms in total. The van der Waals surface area contributed by atoms with Crippen LogP contribution in [0.4, 0.5) is 8.78 Å². The fourth-order valence-corrected chi connectivity index (χ4v) is 2.60. The second kappa shape index (κ2) is 5.09. The van der Waals surface area contributed by atoms with Gasteiger partial charge in [0.25, 0.3) is 0 Å². The predicted octanol–water partition coefficient (Wildman–Crippen LogP) is 2.75. The van der Waals surface area contributed by atoms with Gasteiger partial charge in [0, 0.05) is 30.1 Å². The Morgan fingerprint density at radius 3 is 2.47 bits per heavy atom. The van der Waals surface area contributed by atoms with Gasteiger partial charge in [0.05, 0.1) is 0 Å². The highest BCUT2D eigenvalue weighted by atomic mass is 19.1. The summed E-state index contributed by atoms with van der Waals surface area (Å²) in [5, 5.41) is 3.30. The molecule has 2 aromatic rings. The van der Waals surface area contributed by atoms with Crippen molar-refractivity contribution < 1.29 is 8.78 Å². The fraction of sp³-hybridized carbons (Fsp3) is 0.357. The van der Waals surface area contributed by atoms with Gasteiger partial charge in [-0.15, -0.1) is 0 Å². The Hall–Kier alpha value is -1.75. The number of benzene rings is 1. The van der Waals surface area contributed by atoms with E-state index < -0.39 is 11.6 Å². The number of halogens is 2. The molecule has 1 aromatic carbocycles. The van der Waals surface area contributed by atoms with Crippen LogP contribution in [-0.4, -0.2) is 22.6 Å². The molecule has 1 fully saturated rings. The molecule has 2 heterocycles. The number of nitrogens with one attached hydrogen (secondary N) is 1. The molecule has 0 amide bonds. The lowest BCUT2D eigenvalue weighted by molar-refractivity contribution is 0.370. The largest absolute Gasteiger partial charge is 0.328 e. The van der Waals surface area contributed by atoms with Crippen molar-refractivity contribution in [2.24, 2.45) is 0 Å². The summed E-state index contributed by atoms with van der Waals surface area (Å²) in [6, 6.07) is 3.86. The summed E-state index contributed by atoms with van der Waals surface area (Å²) in [5.74, 6) is -0.518. The van der Waals surface area contributed by atoms with E-state index in [1.165, 1.54) is 12.1 Å². The van der Waals surface area contributed by atoms with Crippen molar-refractivity contribution >= 4 is 0 Å². The van der Waals surface area contributed by atoms with Gasteiger partial charge in [-0.1, -0.05) is 0 Å². The third-order valence-corrected chi connectivity index (χ3v) is 3.49. The molecule has 0 bridgehead atoms. The zero-order valence-electron chi connectivity index (χ0n) is 10.4. The average Bonchev–Trinajstić information content (AvgIpc) is 2.88. The Labute approximate surface area is 110 Å². The first-order valence-corrected chi connectivity index (χ1v) is 6.44. The molecule has 5 heteroatoms. The molecule has 100 valence electrons. The highest BCUT2D eigenvalue weighted by molar-refractivity contribution is 5.55. The summed E-state index contributed by atoms with van der Waals surface area (Å²) >= 11 is 0. The maximum absolute atomic E-state index is 13.3. The van der Waals surface area contributed by atoms with Gasteiger partial charge < -0.3 is 9.88 Å². The van der Waals surface area contributed by atoms with E-state index in [9.17, 15) is 8.78 Å². The Balaban J connectivity index is 1.98. The number of imidazole rings is 1. The van der Waals surface area contributed by atoms with Gasteiger partial charge in [0.1, 0.15) is 17.5 Å². The molecule has 1 aliphatic heterocycles. The van der Waals surface area contributed by atoms with Crippen molar-refractivity contribution in [1.82, 2.24) is 14.9 Å². The third-order valence-electron chi connectivity index (χ3n) is 3.49. The first-order valence-electron chi connectivity index (χ1n) is 6.44. The number of hydrogen-bond donors (Lipinski definition) is 1. The topological polar surface area (TPSA) is 29.9 Å². The predicted molar refractivity (Wildman–Crippen MR) is 68.7 cm³/mol. The van der Waals surface area contributed by atoms with Crippen LogP contribution in [0.1, 0.15) is 18.9 Å². The van der Waals surface area contributed by atoms with Crippen LogP contribution in [0, 0.1) is 11.6 Å². The van der Waals surface area contributed by atoms with Crippen molar-refractivity contribution in [3.63, 3.8) is 0 Å². The molecule has 1 N–H and O–H groups in total. The molecule has 1 saturated heterocycles. The summed E-state index contributed by atoms with van der Waals surface area (Å²) in [6.07, 6.45) is 5.57. The molecular weight excluding hydrogens is 248 g/mol. The average molecular weight is 263 g/mol. The van der Waals surface area contributed by atoms with Gasteiger partial charge in [-0.25, -0.2) is 13.8 Å². The van der Waals surface area contributed by atoms with E-state index >= 15 is 0 Å². The van der Waals surface area contributed by atoms with E-state index in [1.807, 2.05) is 10.8 Å². The number of rotatable bonds is 2. The molecule has 0 spiro atoms. The molecular formula is C14H15F2N3. The van der Waals surface area contributed by atoms with E-state index in [4.69, 9.17) is 0 Å². The summed E-state index contributed by atoms with van der Waals surface area (Å²) in [4.78, 5) is 4.25. The van der Waals surface area contributed by atoms with Crippen LogP contribution in [0.15, 0.2) is 30.6 Å². The van der Waals surface area contributed by atoms with E-state index in [0.717, 1.165) is 32.0 Å². The quantitative estimate of drug-likeness (QED) is 0.903. The fourth-order valence-electron chi connectivity index (χ4n) is 2.60. The summed E-state index contributed by atoms with van der Waals surface area (Å²) in [6.45, 7) is 1.92. The normalized spacial score (nSPS) is 16.7. The summed E-state index contributed by atoms with van der Waals surface area (Å²) in [5.41, 5.74) is 0.487. The van der Waals surface area contributed by atoms with E-state index in [1.54, 1.807) is 6.20 Å². The van der Waals surface area contributed by atoms with Crippen molar-refractivity contribution in [2.45, 2.75) is 18.9 Å². The third kappa shape index (κ3) is 2.51. The lowest BCUT2D eigenvalue weighted by Gasteiger charge is -2.25. The SMILES string of the molecule is Fc1cc(F)cc(-c2nccn2C2CCNCC2)c1. The van der Waals surface area contributed by atoms with Crippen LogP contribution >= 0.6 is 0 Å². The highest BCUT2D eigenvalue weighted by Gasteiger charge is 2.18. The Morgan fingerprint density at radius 1 is 1.11 bits per heavy atom. The number of aromatic nitrogens is 2. The molecule has 0 atom stereocenters. The minimum Gasteiger partial charge on any atom is -0.328 e. The van der Waals surface area contributed by atoms with Crippen molar-refractivity contribution in [3.05, 3.63) is 42.2 Å². The Bertz CT molecular complexity index is 554. The molecule has 1 aliphatic rings. The Morgan fingerprint density at radius 2 is 1.79 bits per heavy atom. The van der Waals surface area contributed by atoms with E-state index in [2.05, 4.69) is 10.3 Å². The minimum absolute atomic E-state index is 0.338. The maximum atomic E-state index is 13.3. The summed E-state index contributed by atoms with van der Waals surface area (Å²) < 4.78 is 28.6. The lowest BCUT2D eigenvalue weighted by atomic mass is 10.1. The molecule has 0 radical (unpaired) electrons. The number of hydrogen-bond acceptors (Lipinski definition) is 2. The molecule has 1 aromatic heterocycles. The molecule has 19 heavy (non-hydrogen) atoms. The first kappa shape index (κ1) is 12.3. The van der Waals surface area contributed by atoms with Gasteiger partial charge in [0.2, 0.25) is 0 Å². The maximum Gasteiger partial charge on any atom is 0.140 e. The number of nitrogens with zero attached hydrogens (tertiary/aromatic N) is 2. The zero-order chi connectivity index (χ0) is 13.2. The van der Waals surface area contributed by atoms with Crippen LogP contribution in [0.5, 0.6) is 0 Å². The van der Waals surface area contributed by atoms with E-state index in [0.29, 0.717) is 17.4 Å². The second-order valence-electron chi connectivity index (χ2n) is 4.80.